The maximum atomic E-state index is 12.2. The highest BCUT2D eigenvalue weighted by Gasteiger charge is 2.19. The molecule has 0 radical (unpaired) electrons. The minimum atomic E-state index is -1.24. The van der Waals surface area contributed by atoms with Crippen molar-refractivity contribution in [3.8, 4) is 0 Å². The Morgan fingerprint density at radius 3 is 2.57 bits per heavy atom. The van der Waals surface area contributed by atoms with Gasteiger partial charge in [0.25, 0.3) is 0 Å². The number of anilines is 3. The first-order valence-corrected chi connectivity index (χ1v) is 7.17. The summed E-state index contributed by atoms with van der Waals surface area (Å²) in [7, 11) is 0. The van der Waals surface area contributed by atoms with Gasteiger partial charge in [0.1, 0.15) is 6.04 Å². The Morgan fingerprint density at radius 1 is 1.17 bits per heavy atom. The molecule has 0 aliphatic heterocycles. The summed E-state index contributed by atoms with van der Waals surface area (Å²) in [5.41, 5.74) is 1.48. The highest BCUT2D eigenvalue weighted by molar-refractivity contribution is 5.98. The summed E-state index contributed by atoms with van der Waals surface area (Å²) in [4.78, 5) is 27.0. The van der Waals surface area contributed by atoms with Crippen LogP contribution in [0.2, 0.25) is 0 Å². The number of pyridine rings is 1. The maximum Gasteiger partial charge on any atom is 0.405 e. The third kappa shape index (κ3) is 4.70. The molecule has 7 nitrogen and oxygen atoms in total. The van der Waals surface area contributed by atoms with Gasteiger partial charge >= 0.3 is 6.09 Å². The van der Waals surface area contributed by atoms with E-state index in [1.165, 1.54) is 0 Å². The van der Waals surface area contributed by atoms with Crippen LogP contribution in [0.5, 0.6) is 0 Å². The number of hydrogen-bond donors (Lipinski definition) is 4. The summed E-state index contributed by atoms with van der Waals surface area (Å²) in [6.07, 6.45) is 0.653. The number of aromatic nitrogens is 1. The van der Waals surface area contributed by atoms with Gasteiger partial charge in [-0.1, -0.05) is 25.1 Å². The van der Waals surface area contributed by atoms with Crippen molar-refractivity contribution in [3.63, 3.8) is 0 Å². The van der Waals surface area contributed by atoms with Crippen LogP contribution in [0, 0.1) is 0 Å². The van der Waals surface area contributed by atoms with Gasteiger partial charge in [0.15, 0.2) is 5.82 Å². The van der Waals surface area contributed by atoms with Crippen molar-refractivity contribution >= 4 is 29.2 Å². The average molecular weight is 314 g/mol. The number of benzene rings is 1. The average Bonchev–Trinajstić information content (AvgIpc) is 2.55. The normalized spacial score (nSPS) is 11.3. The highest BCUT2D eigenvalue weighted by atomic mass is 16.4. The van der Waals surface area contributed by atoms with E-state index in [-0.39, 0.29) is 0 Å². The van der Waals surface area contributed by atoms with E-state index in [0.717, 1.165) is 5.69 Å². The van der Waals surface area contributed by atoms with Crippen molar-refractivity contribution in [1.29, 1.82) is 0 Å². The summed E-state index contributed by atoms with van der Waals surface area (Å²) in [5, 5.41) is 16.7. The van der Waals surface area contributed by atoms with E-state index in [4.69, 9.17) is 5.11 Å². The van der Waals surface area contributed by atoms with Gasteiger partial charge in [-0.25, -0.2) is 9.78 Å². The summed E-state index contributed by atoms with van der Waals surface area (Å²) >= 11 is 0. The molecule has 0 saturated heterocycles. The second kappa shape index (κ2) is 7.79. The van der Waals surface area contributed by atoms with Crippen molar-refractivity contribution in [3.05, 3.63) is 48.7 Å². The molecule has 4 N–H and O–H groups in total. The minimum Gasteiger partial charge on any atom is -0.465 e. The Kier molecular flexibility index (Phi) is 5.51. The van der Waals surface area contributed by atoms with E-state index in [1.54, 1.807) is 25.3 Å². The number of nitrogens with one attached hydrogen (secondary N) is 3. The lowest BCUT2D eigenvalue weighted by Crippen LogP contribution is -2.42. The first kappa shape index (κ1) is 16.3. The largest absolute Gasteiger partial charge is 0.465 e. The van der Waals surface area contributed by atoms with Crippen LogP contribution in [0.3, 0.4) is 0 Å². The fourth-order valence-corrected chi connectivity index (χ4v) is 1.99. The number of para-hydroxylation sites is 1. The zero-order valence-electron chi connectivity index (χ0n) is 12.6. The molecule has 0 aliphatic rings. The van der Waals surface area contributed by atoms with Gasteiger partial charge in [-0.2, -0.15) is 0 Å². The molecule has 1 aromatic carbocycles. The van der Waals surface area contributed by atoms with Gasteiger partial charge in [-0.3, -0.25) is 4.79 Å². The number of carbonyl (C=O) groups is 2. The molecule has 7 heteroatoms. The molecule has 120 valence electrons. The van der Waals surface area contributed by atoms with E-state index < -0.39 is 18.0 Å². The summed E-state index contributed by atoms with van der Waals surface area (Å²) in [6.45, 7) is 1.72. The SMILES string of the molecule is CCC(NC(=O)O)C(=O)Nc1ncccc1Nc1ccccc1. The van der Waals surface area contributed by atoms with Crippen LogP contribution in [0.4, 0.5) is 22.0 Å². The van der Waals surface area contributed by atoms with Crippen LogP contribution < -0.4 is 16.0 Å². The van der Waals surface area contributed by atoms with Crippen molar-refractivity contribution < 1.29 is 14.7 Å². The van der Waals surface area contributed by atoms with Crippen LogP contribution in [0.25, 0.3) is 0 Å². The first-order chi connectivity index (χ1) is 11.1. The molecule has 0 aliphatic carbocycles. The van der Waals surface area contributed by atoms with Crippen LogP contribution in [0.1, 0.15) is 13.3 Å². The Morgan fingerprint density at radius 2 is 1.91 bits per heavy atom. The molecule has 0 fully saturated rings. The lowest BCUT2D eigenvalue weighted by Gasteiger charge is -2.16. The Labute approximate surface area is 133 Å². The summed E-state index contributed by atoms with van der Waals surface area (Å²) in [6, 6.07) is 12.1. The first-order valence-electron chi connectivity index (χ1n) is 7.17. The summed E-state index contributed by atoms with van der Waals surface area (Å²) < 4.78 is 0. The van der Waals surface area contributed by atoms with Crippen LogP contribution in [0.15, 0.2) is 48.7 Å². The lowest BCUT2D eigenvalue weighted by molar-refractivity contribution is -0.118. The Balaban J connectivity index is 2.13. The van der Waals surface area contributed by atoms with Gasteiger partial charge in [-0.05, 0) is 30.7 Å². The van der Waals surface area contributed by atoms with E-state index in [2.05, 4.69) is 20.9 Å². The van der Waals surface area contributed by atoms with Gasteiger partial charge in [-0.15, -0.1) is 0 Å². The van der Waals surface area contributed by atoms with Crippen molar-refractivity contribution in [2.24, 2.45) is 0 Å². The number of hydrogen-bond acceptors (Lipinski definition) is 4. The monoisotopic (exact) mass is 314 g/mol. The molecule has 1 unspecified atom stereocenters. The van der Waals surface area contributed by atoms with Crippen LogP contribution in [-0.4, -0.2) is 28.1 Å². The molecule has 0 spiro atoms. The molecule has 2 rings (SSSR count). The van der Waals surface area contributed by atoms with Crippen molar-refractivity contribution in [1.82, 2.24) is 10.3 Å². The second-order valence-electron chi connectivity index (χ2n) is 4.79. The predicted octanol–water partition coefficient (Wildman–Crippen LogP) is 2.81. The molecular formula is C16H18N4O3. The van der Waals surface area contributed by atoms with Crippen molar-refractivity contribution in [2.45, 2.75) is 19.4 Å². The fourth-order valence-electron chi connectivity index (χ4n) is 1.99. The van der Waals surface area contributed by atoms with E-state index in [9.17, 15) is 9.59 Å². The zero-order chi connectivity index (χ0) is 16.7. The lowest BCUT2D eigenvalue weighted by atomic mass is 10.2. The maximum absolute atomic E-state index is 12.2. The topological polar surface area (TPSA) is 103 Å². The number of rotatable bonds is 6. The fraction of sp³-hybridized carbons (Fsp3) is 0.188. The Hall–Kier alpha value is -3.09. The molecule has 0 saturated carbocycles. The van der Waals surface area contributed by atoms with E-state index in [1.807, 2.05) is 30.3 Å². The Bertz CT molecular complexity index is 676. The van der Waals surface area contributed by atoms with Gasteiger partial charge in [0.2, 0.25) is 5.91 Å². The number of nitrogens with zero attached hydrogens (tertiary/aromatic N) is 1. The zero-order valence-corrected chi connectivity index (χ0v) is 12.6. The molecule has 0 bridgehead atoms. The highest BCUT2D eigenvalue weighted by Crippen LogP contribution is 2.23. The smallest absolute Gasteiger partial charge is 0.405 e. The molecule has 23 heavy (non-hydrogen) atoms. The molecule has 2 aromatic rings. The third-order valence-corrected chi connectivity index (χ3v) is 3.12. The summed E-state index contributed by atoms with van der Waals surface area (Å²) in [5.74, 6) is -0.114. The second-order valence-corrected chi connectivity index (χ2v) is 4.79. The molecule has 1 atom stereocenters. The third-order valence-electron chi connectivity index (χ3n) is 3.12. The molecular weight excluding hydrogens is 296 g/mol. The quantitative estimate of drug-likeness (QED) is 0.656. The van der Waals surface area contributed by atoms with E-state index >= 15 is 0 Å². The predicted molar refractivity (Wildman–Crippen MR) is 87.8 cm³/mol. The molecule has 2 amide bonds. The molecule has 1 aromatic heterocycles. The van der Waals surface area contributed by atoms with Crippen LogP contribution in [-0.2, 0) is 4.79 Å². The van der Waals surface area contributed by atoms with Crippen LogP contribution >= 0.6 is 0 Å². The molecule has 1 heterocycles. The number of amides is 2. The number of carboxylic acid groups (broad SMARTS) is 1. The number of carbonyl (C=O) groups excluding carboxylic acids is 1. The van der Waals surface area contributed by atoms with Crippen molar-refractivity contribution in [2.75, 3.05) is 10.6 Å². The van der Waals surface area contributed by atoms with Gasteiger partial charge < -0.3 is 21.1 Å². The van der Waals surface area contributed by atoms with E-state index in [0.29, 0.717) is 17.9 Å². The standard InChI is InChI=1S/C16H18N4O3/c1-2-12(19-16(22)23)15(21)20-14-13(9-6-10-17-14)18-11-7-4-3-5-8-11/h3-10,12,18-19H,2H2,1H3,(H,22,23)(H,17,20,21). The van der Waals surface area contributed by atoms with Gasteiger partial charge in [0, 0.05) is 11.9 Å². The minimum absolute atomic E-state index is 0.340. The van der Waals surface area contributed by atoms with Gasteiger partial charge in [0.05, 0.1) is 5.69 Å².